The Labute approximate surface area is 145 Å². The van der Waals surface area contributed by atoms with Gasteiger partial charge in [0, 0.05) is 25.4 Å². The molecule has 2 heterocycles. The first-order chi connectivity index (χ1) is 12.2. The van der Waals surface area contributed by atoms with Gasteiger partial charge in [-0.3, -0.25) is 0 Å². The Bertz CT molecular complexity index is 805. The van der Waals surface area contributed by atoms with Crippen LogP contribution in [0.1, 0.15) is 12.1 Å². The molecule has 1 atom stereocenters. The molecule has 1 N–H and O–H groups in total. The summed E-state index contributed by atoms with van der Waals surface area (Å²) in [6.07, 6.45) is 3.33. The number of hydrogen-bond donors (Lipinski definition) is 1. The Hall–Kier alpha value is -3.34. The second-order valence-corrected chi connectivity index (χ2v) is 5.43. The third kappa shape index (κ3) is 3.77. The number of carbonyl (C=O) groups is 1. The van der Waals surface area contributed by atoms with Crippen LogP contribution in [0.2, 0.25) is 0 Å². The van der Waals surface area contributed by atoms with E-state index in [1.807, 2.05) is 18.2 Å². The number of rotatable bonds is 4. The predicted molar refractivity (Wildman–Crippen MR) is 89.4 cm³/mol. The molecule has 1 aromatic carbocycles. The lowest BCUT2D eigenvalue weighted by Gasteiger charge is -2.18. The first-order valence-electron chi connectivity index (χ1n) is 7.78. The zero-order chi connectivity index (χ0) is 17.6. The molecule has 1 aromatic heterocycles. The molecule has 1 aliphatic rings. The number of urea groups is 1. The van der Waals surface area contributed by atoms with Crippen molar-refractivity contribution in [2.45, 2.75) is 12.5 Å². The molecule has 2 aromatic rings. The smallest absolute Gasteiger partial charge is 0.322 e. The van der Waals surface area contributed by atoms with Crippen LogP contribution in [0.5, 0.6) is 11.6 Å². The van der Waals surface area contributed by atoms with Gasteiger partial charge in [0.15, 0.2) is 0 Å². The molecule has 25 heavy (non-hydrogen) atoms. The van der Waals surface area contributed by atoms with Crippen LogP contribution in [-0.2, 0) is 0 Å². The van der Waals surface area contributed by atoms with E-state index >= 15 is 0 Å². The van der Waals surface area contributed by atoms with Gasteiger partial charge in [0.05, 0.1) is 19.3 Å². The highest BCUT2D eigenvalue weighted by molar-refractivity contribution is 5.91. The second kappa shape index (κ2) is 7.49. The average molecular weight is 339 g/mol. The lowest BCUT2D eigenvalue weighted by atomic mass is 10.3. The molecule has 1 aliphatic heterocycles. The number of methoxy groups -OCH3 is 1. The van der Waals surface area contributed by atoms with Gasteiger partial charge >= 0.3 is 6.03 Å². The van der Waals surface area contributed by atoms with Crippen molar-refractivity contribution < 1.29 is 14.3 Å². The molecule has 0 aliphatic carbocycles. The van der Waals surface area contributed by atoms with Crippen LogP contribution in [0.4, 0.5) is 10.5 Å². The molecule has 0 radical (unpaired) electrons. The number of hydrogen-bond acceptors (Lipinski definition) is 6. The largest absolute Gasteiger partial charge is 0.495 e. The summed E-state index contributed by atoms with van der Waals surface area (Å²) in [6, 6.07) is 8.94. The highest BCUT2D eigenvalue weighted by Gasteiger charge is 2.29. The Morgan fingerprint density at radius 3 is 2.96 bits per heavy atom. The monoisotopic (exact) mass is 339 g/mol. The Morgan fingerprint density at radius 2 is 2.16 bits per heavy atom. The molecule has 3 rings (SSSR count). The quantitative estimate of drug-likeness (QED) is 0.915. The van der Waals surface area contributed by atoms with Crippen LogP contribution in [0.25, 0.3) is 0 Å². The van der Waals surface area contributed by atoms with Crippen LogP contribution in [0, 0.1) is 11.3 Å². The minimum absolute atomic E-state index is 0.138. The molecule has 1 saturated heterocycles. The van der Waals surface area contributed by atoms with Gasteiger partial charge in [-0.15, -0.1) is 0 Å². The number of nitrogens with one attached hydrogen (secondary N) is 1. The van der Waals surface area contributed by atoms with Crippen molar-refractivity contribution in [1.29, 1.82) is 5.26 Å². The number of ether oxygens (including phenoxy) is 2. The summed E-state index contributed by atoms with van der Waals surface area (Å²) >= 11 is 0. The number of anilines is 1. The average Bonchev–Trinajstić information content (AvgIpc) is 3.11. The fourth-order valence-electron chi connectivity index (χ4n) is 2.60. The standard InChI is InChI=1S/C17H17N5O3/c1-24-15-5-3-2-4-13(15)21-17(23)22-9-6-12(11-22)25-16-14(10-18)19-7-8-20-16/h2-5,7-8,12H,6,9,11H2,1H3,(H,21,23). The van der Waals surface area contributed by atoms with Crippen LogP contribution >= 0.6 is 0 Å². The Morgan fingerprint density at radius 1 is 1.36 bits per heavy atom. The van der Waals surface area contributed by atoms with Crippen molar-refractivity contribution in [2.75, 3.05) is 25.5 Å². The molecule has 8 nitrogen and oxygen atoms in total. The zero-order valence-corrected chi connectivity index (χ0v) is 13.7. The molecule has 1 fully saturated rings. The summed E-state index contributed by atoms with van der Waals surface area (Å²) in [6.45, 7) is 0.955. The van der Waals surface area contributed by atoms with Crippen molar-refractivity contribution in [3.63, 3.8) is 0 Å². The molecular formula is C17H17N5O3. The third-order valence-electron chi connectivity index (χ3n) is 3.83. The van der Waals surface area contributed by atoms with Gasteiger partial charge in [-0.05, 0) is 12.1 Å². The van der Waals surface area contributed by atoms with Crippen LogP contribution in [0.15, 0.2) is 36.7 Å². The van der Waals surface area contributed by atoms with Crippen LogP contribution in [0.3, 0.4) is 0 Å². The van der Waals surface area contributed by atoms with E-state index in [1.54, 1.807) is 24.1 Å². The van der Waals surface area contributed by atoms with Gasteiger partial charge in [0.25, 0.3) is 5.88 Å². The Balaban J connectivity index is 1.61. The van der Waals surface area contributed by atoms with E-state index in [1.165, 1.54) is 12.4 Å². The maximum atomic E-state index is 12.4. The fraction of sp³-hybridized carbons (Fsp3) is 0.294. The van der Waals surface area contributed by atoms with Gasteiger partial charge < -0.3 is 19.7 Å². The van der Waals surface area contributed by atoms with Gasteiger partial charge in [-0.25, -0.2) is 14.8 Å². The van der Waals surface area contributed by atoms with Crippen molar-refractivity contribution in [3.8, 4) is 17.7 Å². The maximum absolute atomic E-state index is 12.4. The fourth-order valence-corrected chi connectivity index (χ4v) is 2.60. The number of likely N-dealkylation sites (tertiary alicyclic amines) is 1. The lowest BCUT2D eigenvalue weighted by molar-refractivity contribution is 0.189. The summed E-state index contributed by atoms with van der Waals surface area (Å²) in [4.78, 5) is 22.0. The van der Waals surface area contributed by atoms with Crippen molar-refractivity contribution >= 4 is 11.7 Å². The number of benzene rings is 1. The van der Waals surface area contributed by atoms with E-state index in [0.717, 1.165) is 0 Å². The molecule has 0 bridgehead atoms. The van der Waals surface area contributed by atoms with E-state index in [-0.39, 0.29) is 23.7 Å². The molecule has 2 amide bonds. The second-order valence-electron chi connectivity index (χ2n) is 5.43. The summed E-state index contributed by atoms with van der Waals surface area (Å²) < 4.78 is 11.0. The zero-order valence-electron chi connectivity index (χ0n) is 13.7. The summed E-state index contributed by atoms with van der Waals surface area (Å²) in [5.41, 5.74) is 0.750. The SMILES string of the molecule is COc1ccccc1NC(=O)N1CCC(Oc2nccnc2C#N)C1. The minimum Gasteiger partial charge on any atom is -0.495 e. The topological polar surface area (TPSA) is 100 Å². The van der Waals surface area contributed by atoms with E-state index < -0.39 is 0 Å². The molecule has 8 heteroatoms. The minimum atomic E-state index is -0.229. The summed E-state index contributed by atoms with van der Waals surface area (Å²) in [5, 5.41) is 11.9. The predicted octanol–water partition coefficient (Wildman–Crippen LogP) is 2.04. The molecule has 1 unspecified atom stereocenters. The Kier molecular flexibility index (Phi) is 4.95. The van der Waals surface area contributed by atoms with Gasteiger partial charge in [-0.1, -0.05) is 12.1 Å². The highest BCUT2D eigenvalue weighted by atomic mass is 16.5. The maximum Gasteiger partial charge on any atom is 0.322 e. The number of amides is 2. The number of aromatic nitrogens is 2. The number of nitriles is 1. The summed E-state index contributed by atoms with van der Waals surface area (Å²) in [5.74, 6) is 0.794. The van der Waals surface area contributed by atoms with E-state index in [0.29, 0.717) is 30.9 Å². The van der Waals surface area contributed by atoms with Crippen LogP contribution < -0.4 is 14.8 Å². The molecular weight excluding hydrogens is 322 g/mol. The van der Waals surface area contributed by atoms with Crippen LogP contribution in [-0.4, -0.2) is 47.2 Å². The molecule has 0 spiro atoms. The van der Waals surface area contributed by atoms with Crippen molar-refractivity contribution in [3.05, 3.63) is 42.4 Å². The van der Waals surface area contributed by atoms with Crippen molar-refractivity contribution in [1.82, 2.24) is 14.9 Å². The third-order valence-corrected chi connectivity index (χ3v) is 3.83. The van der Waals surface area contributed by atoms with Gasteiger partial charge in [-0.2, -0.15) is 5.26 Å². The van der Waals surface area contributed by atoms with E-state index in [4.69, 9.17) is 14.7 Å². The molecule has 0 saturated carbocycles. The first kappa shape index (κ1) is 16.5. The van der Waals surface area contributed by atoms with E-state index in [2.05, 4.69) is 15.3 Å². The van der Waals surface area contributed by atoms with Gasteiger partial charge in [0.2, 0.25) is 5.69 Å². The number of para-hydroxylation sites is 2. The van der Waals surface area contributed by atoms with Gasteiger partial charge in [0.1, 0.15) is 17.9 Å². The number of nitrogens with zero attached hydrogens (tertiary/aromatic N) is 4. The highest BCUT2D eigenvalue weighted by Crippen LogP contribution is 2.24. The lowest BCUT2D eigenvalue weighted by Crippen LogP contribution is -2.34. The van der Waals surface area contributed by atoms with Crippen molar-refractivity contribution in [2.24, 2.45) is 0 Å². The normalized spacial score (nSPS) is 16.2. The summed E-state index contributed by atoms with van der Waals surface area (Å²) in [7, 11) is 1.55. The number of carbonyl (C=O) groups excluding carboxylic acids is 1. The van der Waals surface area contributed by atoms with E-state index in [9.17, 15) is 4.79 Å². The first-order valence-corrected chi connectivity index (χ1v) is 7.78. The molecule has 128 valence electrons.